The topological polar surface area (TPSA) is 85.1 Å². The number of nitrogens with two attached hydrogens (primary N) is 1. The first kappa shape index (κ1) is 16.5. The van der Waals surface area contributed by atoms with Crippen LogP contribution in [0.1, 0.15) is 0 Å². The number of aromatic nitrogens is 1. The van der Waals surface area contributed by atoms with Gasteiger partial charge in [-0.15, -0.1) is 0 Å². The summed E-state index contributed by atoms with van der Waals surface area (Å²) in [6.07, 6.45) is 1.40. The van der Waals surface area contributed by atoms with E-state index in [1.165, 1.54) is 18.3 Å². The molecular weight excluding hydrogens is 452 g/mol. The van der Waals surface area contributed by atoms with Crippen LogP contribution in [0.2, 0.25) is 5.15 Å². The second-order valence-electron chi connectivity index (χ2n) is 3.91. The fraction of sp³-hybridized carbons (Fsp3) is 0. The average molecular weight is 460 g/mol. The number of hydrogen-bond acceptors (Lipinski definition) is 4. The molecule has 0 aliphatic heterocycles. The molecule has 2 rings (SSSR count). The highest BCUT2D eigenvalue weighted by molar-refractivity contribution is 9.10. The lowest BCUT2D eigenvalue weighted by molar-refractivity contribution is 0.567. The van der Waals surface area contributed by atoms with Gasteiger partial charge in [0.05, 0.1) is 10.2 Å². The number of anilines is 2. The predicted molar refractivity (Wildman–Crippen MR) is 86.3 cm³/mol. The van der Waals surface area contributed by atoms with Gasteiger partial charge in [0.15, 0.2) is 11.0 Å². The van der Waals surface area contributed by atoms with E-state index in [0.29, 0.717) is 4.47 Å². The SMILES string of the molecule is Nc1cc(Br)c(F)c(S(=O)(=O)Nc2cc(Br)cnc2Cl)c1. The van der Waals surface area contributed by atoms with Gasteiger partial charge < -0.3 is 5.73 Å². The van der Waals surface area contributed by atoms with Crippen LogP contribution in [0.15, 0.2) is 38.2 Å². The highest BCUT2D eigenvalue weighted by Crippen LogP contribution is 2.30. The molecule has 1 aromatic carbocycles. The Morgan fingerprint density at radius 2 is 1.95 bits per heavy atom. The normalized spacial score (nSPS) is 11.4. The standard InChI is InChI=1S/C11H7Br2ClFN3O2S/c12-5-1-8(11(14)17-4-5)18-21(19,20)9-3-6(16)2-7(13)10(9)15/h1-4,18H,16H2. The van der Waals surface area contributed by atoms with Crippen molar-refractivity contribution >= 4 is 64.9 Å². The van der Waals surface area contributed by atoms with Crippen molar-refractivity contribution in [2.45, 2.75) is 4.90 Å². The van der Waals surface area contributed by atoms with Crippen LogP contribution in [-0.2, 0) is 10.0 Å². The molecule has 112 valence electrons. The maximum absolute atomic E-state index is 14.0. The van der Waals surface area contributed by atoms with Gasteiger partial charge in [-0.25, -0.2) is 17.8 Å². The molecule has 3 N–H and O–H groups in total. The monoisotopic (exact) mass is 457 g/mol. The molecule has 1 heterocycles. The number of hydrogen-bond donors (Lipinski definition) is 2. The summed E-state index contributed by atoms with van der Waals surface area (Å²) in [5.74, 6) is -0.948. The maximum Gasteiger partial charge on any atom is 0.265 e. The molecule has 0 bridgehead atoms. The summed E-state index contributed by atoms with van der Waals surface area (Å²) in [7, 11) is -4.21. The third kappa shape index (κ3) is 3.65. The first-order valence-electron chi connectivity index (χ1n) is 5.29. The van der Waals surface area contributed by atoms with Crippen LogP contribution in [0, 0.1) is 5.82 Å². The Labute approximate surface area is 142 Å². The number of nitrogen functional groups attached to an aromatic ring is 1. The summed E-state index contributed by atoms with van der Waals surface area (Å²) in [5.41, 5.74) is 5.65. The van der Waals surface area contributed by atoms with E-state index in [9.17, 15) is 12.8 Å². The van der Waals surface area contributed by atoms with E-state index in [0.717, 1.165) is 6.07 Å². The van der Waals surface area contributed by atoms with Crippen molar-refractivity contribution in [2.75, 3.05) is 10.5 Å². The molecule has 0 saturated carbocycles. The van der Waals surface area contributed by atoms with Crippen molar-refractivity contribution in [3.05, 3.63) is 44.3 Å². The lowest BCUT2D eigenvalue weighted by atomic mass is 10.3. The Bertz CT molecular complexity index is 817. The van der Waals surface area contributed by atoms with Crippen LogP contribution < -0.4 is 10.5 Å². The third-order valence-electron chi connectivity index (χ3n) is 2.36. The summed E-state index contributed by atoms with van der Waals surface area (Å²) >= 11 is 11.9. The minimum absolute atomic E-state index is 0.0176. The Morgan fingerprint density at radius 1 is 1.29 bits per heavy atom. The van der Waals surface area contributed by atoms with Crippen molar-refractivity contribution in [1.82, 2.24) is 4.98 Å². The zero-order chi connectivity index (χ0) is 15.8. The molecule has 0 fully saturated rings. The van der Waals surface area contributed by atoms with E-state index in [1.807, 2.05) is 0 Å². The van der Waals surface area contributed by atoms with Crippen LogP contribution in [0.3, 0.4) is 0 Å². The minimum Gasteiger partial charge on any atom is -0.399 e. The molecule has 0 spiro atoms. The smallest absolute Gasteiger partial charge is 0.265 e. The quantitative estimate of drug-likeness (QED) is 0.540. The Morgan fingerprint density at radius 3 is 2.62 bits per heavy atom. The van der Waals surface area contributed by atoms with Gasteiger partial charge in [-0.05, 0) is 50.1 Å². The Hall–Kier alpha value is -0.900. The van der Waals surface area contributed by atoms with Crippen molar-refractivity contribution in [3.63, 3.8) is 0 Å². The summed E-state index contributed by atoms with van der Waals surface area (Å²) in [5, 5.41) is -0.0647. The van der Waals surface area contributed by atoms with Crippen LogP contribution in [0.4, 0.5) is 15.8 Å². The predicted octanol–water partition coefficient (Wildman–Crippen LogP) is 3.78. The van der Waals surface area contributed by atoms with E-state index in [4.69, 9.17) is 17.3 Å². The van der Waals surface area contributed by atoms with Crippen molar-refractivity contribution in [3.8, 4) is 0 Å². The summed E-state index contributed by atoms with van der Waals surface area (Å²) in [6.45, 7) is 0. The molecule has 10 heteroatoms. The van der Waals surface area contributed by atoms with E-state index < -0.39 is 20.7 Å². The lowest BCUT2D eigenvalue weighted by Crippen LogP contribution is -2.16. The second kappa shape index (κ2) is 6.07. The lowest BCUT2D eigenvalue weighted by Gasteiger charge is -2.11. The molecule has 0 aliphatic rings. The van der Waals surface area contributed by atoms with Gasteiger partial charge in [-0.1, -0.05) is 11.6 Å². The molecule has 5 nitrogen and oxygen atoms in total. The Kier molecular flexibility index (Phi) is 4.76. The zero-order valence-corrected chi connectivity index (χ0v) is 14.8. The first-order valence-corrected chi connectivity index (χ1v) is 8.74. The number of rotatable bonds is 3. The number of sulfonamides is 1. The average Bonchev–Trinajstić information content (AvgIpc) is 2.37. The summed E-state index contributed by atoms with van der Waals surface area (Å²) in [6, 6.07) is 3.69. The molecule has 0 aliphatic carbocycles. The number of pyridine rings is 1. The van der Waals surface area contributed by atoms with Crippen LogP contribution in [-0.4, -0.2) is 13.4 Å². The van der Waals surface area contributed by atoms with Crippen LogP contribution in [0.25, 0.3) is 0 Å². The molecule has 1 aromatic heterocycles. The highest BCUT2D eigenvalue weighted by atomic mass is 79.9. The third-order valence-corrected chi connectivity index (χ3v) is 5.03. The van der Waals surface area contributed by atoms with Crippen molar-refractivity contribution in [2.24, 2.45) is 0 Å². The molecule has 0 unspecified atom stereocenters. The molecule has 21 heavy (non-hydrogen) atoms. The van der Waals surface area contributed by atoms with Crippen molar-refractivity contribution < 1.29 is 12.8 Å². The van der Waals surface area contributed by atoms with Gasteiger partial charge in [0, 0.05) is 16.4 Å². The van der Waals surface area contributed by atoms with Gasteiger partial charge in [-0.2, -0.15) is 0 Å². The fourth-order valence-corrected chi connectivity index (χ4v) is 3.81. The molecule has 0 saturated heterocycles. The fourth-order valence-electron chi connectivity index (χ4n) is 1.47. The Balaban J connectivity index is 2.51. The molecule has 0 radical (unpaired) electrons. The summed E-state index contributed by atoms with van der Waals surface area (Å²) in [4.78, 5) is 3.19. The highest BCUT2D eigenvalue weighted by Gasteiger charge is 2.23. The zero-order valence-electron chi connectivity index (χ0n) is 10.1. The molecule has 2 aromatic rings. The summed E-state index contributed by atoms with van der Waals surface area (Å²) < 4.78 is 41.1. The largest absolute Gasteiger partial charge is 0.399 e. The molecular formula is C11H7Br2ClFN3O2S. The van der Waals surface area contributed by atoms with E-state index in [2.05, 4.69) is 41.6 Å². The van der Waals surface area contributed by atoms with Gasteiger partial charge >= 0.3 is 0 Å². The number of nitrogens with zero attached hydrogens (tertiary/aromatic N) is 1. The van der Waals surface area contributed by atoms with Gasteiger partial charge in [0.1, 0.15) is 4.90 Å². The second-order valence-corrected chi connectivity index (χ2v) is 7.69. The van der Waals surface area contributed by atoms with Gasteiger partial charge in [0.2, 0.25) is 0 Å². The van der Waals surface area contributed by atoms with Crippen LogP contribution in [0.5, 0.6) is 0 Å². The maximum atomic E-state index is 14.0. The van der Waals surface area contributed by atoms with Gasteiger partial charge in [-0.3, -0.25) is 4.72 Å². The minimum atomic E-state index is -4.21. The van der Waals surface area contributed by atoms with E-state index in [1.54, 1.807) is 0 Å². The van der Waals surface area contributed by atoms with Crippen molar-refractivity contribution in [1.29, 1.82) is 0 Å². The first-order chi connectivity index (χ1) is 9.70. The number of benzene rings is 1. The van der Waals surface area contributed by atoms with Crippen LogP contribution >= 0.6 is 43.5 Å². The molecule has 0 atom stereocenters. The van der Waals surface area contributed by atoms with Gasteiger partial charge in [0.25, 0.3) is 10.0 Å². The number of halogens is 4. The van der Waals surface area contributed by atoms with E-state index >= 15 is 0 Å². The molecule has 0 amide bonds. The number of nitrogens with one attached hydrogen (secondary N) is 1. The van der Waals surface area contributed by atoms with E-state index in [-0.39, 0.29) is 21.0 Å².